The number of hydrogen-bond donors (Lipinski definition) is 1. The minimum absolute atomic E-state index is 0.0268. The van der Waals surface area contributed by atoms with Crippen molar-refractivity contribution in [3.8, 4) is 5.75 Å². The van der Waals surface area contributed by atoms with E-state index in [0.717, 1.165) is 37.2 Å². The molecule has 1 amide bonds. The fourth-order valence-corrected chi connectivity index (χ4v) is 3.30. The molecule has 0 spiro atoms. The van der Waals surface area contributed by atoms with Gasteiger partial charge in [0, 0.05) is 6.04 Å². The Labute approximate surface area is 125 Å². The molecular formula is C16H23N3O2. The molecule has 1 atom stereocenters. The number of methoxy groups -OCH3 is 1. The van der Waals surface area contributed by atoms with Crippen LogP contribution in [0, 0.1) is 0 Å². The molecule has 2 aliphatic heterocycles. The monoisotopic (exact) mass is 289 g/mol. The second-order valence-corrected chi connectivity index (χ2v) is 5.90. The average molecular weight is 289 g/mol. The minimum atomic E-state index is -0.0268. The number of hydrogen-bond acceptors (Lipinski definition) is 4. The molecule has 0 saturated carbocycles. The van der Waals surface area contributed by atoms with E-state index in [-0.39, 0.29) is 12.1 Å². The summed E-state index contributed by atoms with van der Waals surface area (Å²) in [5.74, 6) is 1.04. The molecule has 2 saturated heterocycles. The summed E-state index contributed by atoms with van der Waals surface area (Å²) in [6, 6.07) is 8.31. The summed E-state index contributed by atoms with van der Waals surface area (Å²) in [7, 11) is 3.81. The second-order valence-electron chi connectivity index (χ2n) is 5.90. The molecular weight excluding hydrogens is 266 g/mol. The molecule has 2 aliphatic rings. The zero-order valence-corrected chi connectivity index (χ0v) is 12.7. The highest BCUT2D eigenvalue weighted by atomic mass is 16.5. The smallest absolute Gasteiger partial charge is 0.238 e. The van der Waals surface area contributed by atoms with Gasteiger partial charge in [0.05, 0.1) is 13.7 Å². The lowest BCUT2D eigenvalue weighted by molar-refractivity contribution is -0.131. The van der Waals surface area contributed by atoms with Gasteiger partial charge in [-0.25, -0.2) is 0 Å². The minimum Gasteiger partial charge on any atom is -0.497 e. The largest absolute Gasteiger partial charge is 0.497 e. The molecule has 1 aromatic carbocycles. The van der Waals surface area contributed by atoms with Crippen LogP contribution in [0.4, 0.5) is 0 Å². The Morgan fingerprint density at radius 3 is 2.76 bits per heavy atom. The Morgan fingerprint density at radius 2 is 2.05 bits per heavy atom. The molecule has 1 aromatic rings. The van der Waals surface area contributed by atoms with Crippen molar-refractivity contribution in [1.82, 2.24) is 15.1 Å². The first-order chi connectivity index (χ1) is 10.2. The van der Waals surface area contributed by atoms with Gasteiger partial charge >= 0.3 is 0 Å². The Morgan fingerprint density at radius 1 is 1.29 bits per heavy atom. The number of carbonyl (C=O) groups excluding carboxylic acids is 1. The number of nitrogens with one attached hydrogen (secondary N) is 1. The van der Waals surface area contributed by atoms with Gasteiger partial charge in [0.1, 0.15) is 11.9 Å². The zero-order valence-electron chi connectivity index (χ0n) is 12.7. The fraction of sp³-hybridized carbons (Fsp3) is 0.562. The maximum atomic E-state index is 12.3. The molecule has 21 heavy (non-hydrogen) atoms. The Balaban J connectivity index is 1.81. The van der Waals surface area contributed by atoms with Crippen LogP contribution in [0.3, 0.4) is 0 Å². The molecule has 1 N–H and O–H groups in total. The summed E-state index contributed by atoms with van der Waals surface area (Å²) in [5, 5.41) is 3.34. The lowest BCUT2D eigenvalue weighted by Gasteiger charge is -2.38. The van der Waals surface area contributed by atoms with E-state index < -0.39 is 0 Å². The van der Waals surface area contributed by atoms with Gasteiger partial charge < -0.3 is 14.5 Å². The van der Waals surface area contributed by atoms with E-state index >= 15 is 0 Å². The van der Waals surface area contributed by atoms with Gasteiger partial charge in [-0.1, -0.05) is 12.1 Å². The van der Waals surface area contributed by atoms with Crippen LogP contribution >= 0.6 is 0 Å². The summed E-state index contributed by atoms with van der Waals surface area (Å²) in [4.78, 5) is 16.7. The molecule has 0 aromatic heterocycles. The molecule has 2 fully saturated rings. The lowest BCUT2D eigenvalue weighted by Crippen LogP contribution is -2.46. The van der Waals surface area contributed by atoms with Crippen molar-refractivity contribution < 1.29 is 9.53 Å². The van der Waals surface area contributed by atoms with E-state index in [9.17, 15) is 4.79 Å². The van der Waals surface area contributed by atoms with Crippen molar-refractivity contribution in [2.24, 2.45) is 0 Å². The maximum absolute atomic E-state index is 12.3. The van der Waals surface area contributed by atoms with Crippen molar-refractivity contribution in [2.75, 3.05) is 33.8 Å². The summed E-state index contributed by atoms with van der Waals surface area (Å²) in [6.07, 6.45) is 2.07. The molecule has 0 aliphatic carbocycles. The number of rotatable bonds is 3. The topological polar surface area (TPSA) is 44.8 Å². The van der Waals surface area contributed by atoms with Crippen LogP contribution < -0.4 is 10.1 Å². The number of ether oxygens (including phenoxy) is 1. The van der Waals surface area contributed by atoms with E-state index in [0.29, 0.717) is 12.6 Å². The standard InChI is InChI=1S/C16H23N3O2/c1-18-8-6-13(7-9-18)19-15(20)11-17-16(19)12-4-3-5-14(10-12)21-2/h3-5,10,13,16-17H,6-9,11H2,1-2H3. The quantitative estimate of drug-likeness (QED) is 0.909. The zero-order chi connectivity index (χ0) is 14.8. The van der Waals surface area contributed by atoms with Crippen molar-refractivity contribution in [2.45, 2.75) is 25.0 Å². The first-order valence-corrected chi connectivity index (χ1v) is 7.56. The van der Waals surface area contributed by atoms with E-state index in [4.69, 9.17) is 4.74 Å². The predicted octanol–water partition coefficient (Wildman–Crippen LogP) is 1.22. The maximum Gasteiger partial charge on any atom is 0.238 e. The Hall–Kier alpha value is -1.59. The molecule has 0 bridgehead atoms. The van der Waals surface area contributed by atoms with Gasteiger partial charge in [0.25, 0.3) is 0 Å². The van der Waals surface area contributed by atoms with Crippen LogP contribution in [0.25, 0.3) is 0 Å². The highest BCUT2D eigenvalue weighted by molar-refractivity contribution is 5.81. The summed E-state index contributed by atoms with van der Waals surface area (Å²) in [6.45, 7) is 2.53. The van der Waals surface area contributed by atoms with Gasteiger partial charge in [-0.15, -0.1) is 0 Å². The van der Waals surface area contributed by atoms with Gasteiger partial charge in [-0.3, -0.25) is 10.1 Å². The van der Waals surface area contributed by atoms with E-state index in [2.05, 4.69) is 23.3 Å². The number of nitrogens with zero attached hydrogens (tertiary/aromatic N) is 2. The molecule has 2 heterocycles. The third kappa shape index (κ3) is 2.89. The van der Waals surface area contributed by atoms with Crippen LogP contribution in [0.1, 0.15) is 24.6 Å². The van der Waals surface area contributed by atoms with E-state index in [1.165, 1.54) is 0 Å². The summed E-state index contributed by atoms with van der Waals surface area (Å²) < 4.78 is 5.30. The predicted molar refractivity (Wildman–Crippen MR) is 81.1 cm³/mol. The molecule has 1 unspecified atom stereocenters. The lowest BCUT2D eigenvalue weighted by atomic mass is 10.0. The van der Waals surface area contributed by atoms with Gasteiger partial charge in [-0.2, -0.15) is 0 Å². The first-order valence-electron chi connectivity index (χ1n) is 7.56. The third-order valence-electron chi connectivity index (χ3n) is 4.50. The van der Waals surface area contributed by atoms with Gasteiger partial charge in [0.15, 0.2) is 0 Å². The normalized spacial score (nSPS) is 24.6. The Kier molecular flexibility index (Phi) is 4.12. The molecule has 114 valence electrons. The van der Waals surface area contributed by atoms with Gasteiger partial charge in [0.2, 0.25) is 5.91 Å². The van der Waals surface area contributed by atoms with Crippen molar-refractivity contribution in [3.63, 3.8) is 0 Å². The average Bonchev–Trinajstić information content (AvgIpc) is 2.90. The second kappa shape index (κ2) is 6.03. The number of carbonyl (C=O) groups is 1. The van der Waals surface area contributed by atoms with Crippen LogP contribution in [0.5, 0.6) is 5.75 Å². The molecule has 3 rings (SSSR count). The fourth-order valence-electron chi connectivity index (χ4n) is 3.30. The summed E-state index contributed by atoms with van der Waals surface area (Å²) >= 11 is 0. The molecule has 0 radical (unpaired) electrons. The van der Waals surface area contributed by atoms with Crippen molar-refractivity contribution >= 4 is 5.91 Å². The van der Waals surface area contributed by atoms with Crippen LogP contribution in [0.15, 0.2) is 24.3 Å². The van der Waals surface area contributed by atoms with Gasteiger partial charge in [-0.05, 0) is 50.7 Å². The highest BCUT2D eigenvalue weighted by Gasteiger charge is 2.37. The van der Waals surface area contributed by atoms with Crippen molar-refractivity contribution in [1.29, 1.82) is 0 Å². The van der Waals surface area contributed by atoms with Crippen LogP contribution in [0.2, 0.25) is 0 Å². The third-order valence-corrected chi connectivity index (χ3v) is 4.50. The number of amides is 1. The van der Waals surface area contributed by atoms with Crippen molar-refractivity contribution in [3.05, 3.63) is 29.8 Å². The van der Waals surface area contributed by atoms with Crippen LogP contribution in [-0.4, -0.2) is 55.5 Å². The molecule has 5 heteroatoms. The summed E-state index contributed by atoms with van der Waals surface area (Å²) in [5.41, 5.74) is 1.10. The highest BCUT2D eigenvalue weighted by Crippen LogP contribution is 2.30. The number of piperidine rings is 1. The number of benzene rings is 1. The van der Waals surface area contributed by atoms with Crippen LogP contribution in [-0.2, 0) is 4.79 Å². The SMILES string of the molecule is COc1cccc(C2NCC(=O)N2C2CCN(C)CC2)c1. The molecule has 5 nitrogen and oxygen atoms in total. The number of likely N-dealkylation sites (tertiary alicyclic amines) is 1. The Bertz CT molecular complexity index is 512. The van der Waals surface area contributed by atoms with E-state index in [1.54, 1.807) is 7.11 Å². The first kappa shape index (κ1) is 14.4. The van der Waals surface area contributed by atoms with E-state index in [1.807, 2.05) is 23.1 Å².